The van der Waals surface area contributed by atoms with E-state index in [-0.39, 0.29) is 11.8 Å². The number of nitro benzene ring substituents is 1. The highest BCUT2D eigenvalue weighted by molar-refractivity contribution is 5.43. The van der Waals surface area contributed by atoms with Gasteiger partial charge < -0.3 is 14.8 Å². The van der Waals surface area contributed by atoms with E-state index in [0.29, 0.717) is 18.9 Å². The summed E-state index contributed by atoms with van der Waals surface area (Å²) in [5.41, 5.74) is 0.862. The molecule has 0 aliphatic rings. The van der Waals surface area contributed by atoms with Crippen molar-refractivity contribution in [3.05, 3.63) is 33.9 Å². The number of benzene rings is 1. The zero-order valence-corrected chi connectivity index (χ0v) is 12.2. The fraction of sp³-hybridized carbons (Fsp3) is 0.571. The van der Waals surface area contributed by atoms with Crippen LogP contribution < -0.4 is 10.1 Å². The van der Waals surface area contributed by atoms with Gasteiger partial charge in [0.2, 0.25) is 0 Å². The number of nitrogens with one attached hydrogen (secondary N) is 1. The highest BCUT2D eigenvalue weighted by Gasteiger charge is 2.13. The number of nitrogens with zero attached hydrogens (tertiary/aromatic N) is 1. The molecule has 6 nitrogen and oxygen atoms in total. The van der Waals surface area contributed by atoms with Crippen LogP contribution in [0.25, 0.3) is 0 Å². The first kappa shape index (κ1) is 16.4. The smallest absolute Gasteiger partial charge is 0.270 e. The predicted molar refractivity (Wildman–Crippen MR) is 77.1 cm³/mol. The lowest BCUT2D eigenvalue weighted by Crippen LogP contribution is -2.20. The number of hydrogen-bond donors (Lipinski definition) is 1. The molecule has 1 aromatic rings. The van der Waals surface area contributed by atoms with Crippen molar-refractivity contribution in [2.45, 2.75) is 32.9 Å². The largest absolute Gasteiger partial charge is 0.488 e. The Morgan fingerprint density at radius 3 is 2.80 bits per heavy atom. The summed E-state index contributed by atoms with van der Waals surface area (Å²) in [7, 11) is 1.61. The zero-order valence-electron chi connectivity index (χ0n) is 12.2. The van der Waals surface area contributed by atoms with Crippen molar-refractivity contribution in [3.63, 3.8) is 0 Å². The molecule has 0 aliphatic heterocycles. The molecule has 0 spiro atoms. The molecule has 112 valence electrons. The van der Waals surface area contributed by atoms with E-state index in [1.807, 2.05) is 6.92 Å². The standard InChI is InChI=1S/C14H22N2O4/c1-4-7-15-9-12-8-13(16(17)18)5-6-14(12)20-11(2)10-19-3/h5-6,8,11,15H,4,7,9-10H2,1-3H3. The first-order chi connectivity index (χ1) is 9.58. The van der Waals surface area contributed by atoms with Gasteiger partial charge >= 0.3 is 0 Å². The topological polar surface area (TPSA) is 73.6 Å². The van der Waals surface area contributed by atoms with Crippen LogP contribution in [0.4, 0.5) is 5.69 Å². The minimum atomic E-state index is -0.397. The van der Waals surface area contributed by atoms with Gasteiger partial charge in [-0.2, -0.15) is 0 Å². The molecule has 0 aliphatic carbocycles. The van der Waals surface area contributed by atoms with Gasteiger partial charge in [-0.05, 0) is 26.0 Å². The second-order valence-corrected chi connectivity index (χ2v) is 4.61. The molecule has 1 N–H and O–H groups in total. The molecule has 1 unspecified atom stereocenters. The third kappa shape index (κ3) is 5.14. The van der Waals surface area contributed by atoms with Gasteiger partial charge in [-0.25, -0.2) is 0 Å². The van der Waals surface area contributed by atoms with Crippen LogP contribution in [0.2, 0.25) is 0 Å². The maximum atomic E-state index is 10.8. The molecular weight excluding hydrogens is 260 g/mol. The van der Waals surface area contributed by atoms with Gasteiger partial charge in [0.15, 0.2) is 0 Å². The molecule has 6 heteroatoms. The number of methoxy groups -OCH3 is 1. The minimum absolute atomic E-state index is 0.0741. The van der Waals surface area contributed by atoms with Crippen molar-refractivity contribution in [1.82, 2.24) is 5.32 Å². The van der Waals surface area contributed by atoms with Gasteiger partial charge in [0.05, 0.1) is 11.5 Å². The van der Waals surface area contributed by atoms with E-state index in [9.17, 15) is 10.1 Å². The predicted octanol–water partition coefficient (Wildman–Crippen LogP) is 2.51. The minimum Gasteiger partial charge on any atom is -0.488 e. The van der Waals surface area contributed by atoms with Crippen LogP contribution in [0.5, 0.6) is 5.75 Å². The quantitative estimate of drug-likeness (QED) is 0.428. The molecule has 0 aromatic heterocycles. The van der Waals surface area contributed by atoms with Crippen LogP contribution in [0.1, 0.15) is 25.8 Å². The third-order valence-electron chi connectivity index (χ3n) is 2.73. The summed E-state index contributed by atoms with van der Waals surface area (Å²) in [6, 6.07) is 4.66. The number of non-ortho nitro benzene ring substituents is 1. The maximum Gasteiger partial charge on any atom is 0.270 e. The molecular formula is C14H22N2O4. The Bertz CT molecular complexity index is 437. The Balaban J connectivity index is 2.87. The van der Waals surface area contributed by atoms with E-state index in [1.54, 1.807) is 19.2 Å². The van der Waals surface area contributed by atoms with Crippen LogP contribution in [-0.2, 0) is 11.3 Å². The molecule has 1 aromatic carbocycles. The summed E-state index contributed by atoms with van der Waals surface area (Å²) in [5.74, 6) is 0.656. The molecule has 0 amide bonds. The van der Waals surface area contributed by atoms with E-state index in [0.717, 1.165) is 18.5 Å². The Labute approximate surface area is 119 Å². The Morgan fingerprint density at radius 1 is 1.45 bits per heavy atom. The summed E-state index contributed by atoms with van der Waals surface area (Å²) in [5, 5.41) is 14.1. The van der Waals surface area contributed by atoms with Gasteiger partial charge in [0, 0.05) is 31.4 Å². The first-order valence-electron chi connectivity index (χ1n) is 6.72. The lowest BCUT2D eigenvalue weighted by molar-refractivity contribution is -0.384. The lowest BCUT2D eigenvalue weighted by atomic mass is 10.1. The van der Waals surface area contributed by atoms with Crippen LogP contribution in [0, 0.1) is 10.1 Å². The van der Waals surface area contributed by atoms with E-state index in [1.165, 1.54) is 6.07 Å². The van der Waals surface area contributed by atoms with Crippen molar-refractivity contribution in [2.24, 2.45) is 0 Å². The van der Waals surface area contributed by atoms with Crippen molar-refractivity contribution in [3.8, 4) is 5.75 Å². The third-order valence-corrected chi connectivity index (χ3v) is 2.73. The average molecular weight is 282 g/mol. The summed E-state index contributed by atoms with van der Waals surface area (Å²) >= 11 is 0. The molecule has 1 rings (SSSR count). The molecule has 1 atom stereocenters. The molecule has 0 fully saturated rings. The van der Waals surface area contributed by atoms with Crippen LogP contribution in [0.15, 0.2) is 18.2 Å². The van der Waals surface area contributed by atoms with Gasteiger partial charge in [-0.15, -0.1) is 0 Å². The average Bonchev–Trinajstić information content (AvgIpc) is 2.40. The summed E-state index contributed by atoms with van der Waals surface area (Å²) in [6.45, 7) is 5.84. The molecule has 0 saturated heterocycles. The molecule has 20 heavy (non-hydrogen) atoms. The van der Waals surface area contributed by atoms with E-state index in [4.69, 9.17) is 9.47 Å². The number of ether oxygens (including phenoxy) is 2. The van der Waals surface area contributed by atoms with Crippen molar-refractivity contribution in [2.75, 3.05) is 20.3 Å². The molecule has 0 saturated carbocycles. The van der Waals surface area contributed by atoms with Crippen LogP contribution in [0.3, 0.4) is 0 Å². The monoisotopic (exact) mass is 282 g/mol. The highest BCUT2D eigenvalue weighted by Crippen LogP contribution is 2.25. The highest BCUT2D eigenvalue weighted by atomic mass is 16.6. The van der Waals surface area contributed by atoms with Gasteiger partial charge in [0.25, 0.3) is 5.69 Å². The lowest BCUT2D eigenvalue weighted by Gasteiger charge is -2.17. The van der Waals surface area contributed by atoms with Crippen molar-refractivity contribution < 1.29 is 14.4 Å². The SMILES string of the molecule is CCCNCc1cc([N+](=O)[O-])ccc1OC(C)COC. The van der Waals surface area contributed by atoms with Crippen molar-refractivity contribution >= 4 is 5.69 Å². The van der Waals surface area contributed by atoms with Crippen LogP contribution >= 0.6 is 0 Å². The molecule has 0 bridgehead atoms. The van der Waals surface area contributed by atoms with E-state index < -0.39 is 4.92 Å². The van der Waals surface area contributed by atoms with E-state index in [2.05, 4.69) is 12.2 Å². The Hall–Kier alpha value is -1.66. The van der Waals surface area contributed by atoms with E-state index >= 15 is 0 Å². The van der Waals surface area contributed by atoms with Gasteiger partial charge in [-0.1, -0.05) is 6.92 Å². The van der Waals surface area contributed by atoms with Gasteiger partial charge in [-0.3, -0.25) is 10.1 Å². The number of nitro groups is 1. The second kappa shape index (κ2) is 8.50. The summed E-state index contributed by atoms with van der Waals surface area (Å²) < 4.78 is 10.8. The first-order valence-corrected chi connectivity index (χ1v) is 6.72. The summed E-state index contributed by atoms with van der Waals surface area (Å²) in [6.07, 6.45) is 0.900. The molecule has 0 heterocycles. The fourth-order valence-electron chi connectivity index (χ4n) is 1.82. The number of hydrogen-bond acceptors (Lipinski definition) is 5. The normalized spacial score (nSPS) is 12.2. The Kier molecular flexibility index (Phi) is 6.97. The maximum absolute atomic E-state index is 10.8. The van der Waals surface area contributed by atoms with Crippen molar-refractivity contribution in [1.29, 1.82) is 0 Å². The summed E-state index contributed by atoms with van der Waals surface area (Å²) in [4.78, 5) is 10.4. The number of rotatable bonds is 9. The molecule has 0 radical (unpaired) electrons. The fourth-order valence-corrected chi connectivity index (χ4v) is 1.82. The second-order valence-electron chi connectivity index (χ2n) is 4.61. The zero-order chi connectivity index (χ0) is 15.0. The Morgan fingerprint density at radius 2 is 2.20 bits per heavy atom. The van der Waals surface area contributed by atoms with Gasteiger partial charge in [0.1, 0.15) is 11.9 Å². The van der Waals surface area contributed by atoms with Crippen LogP contribution in [-0.4, -0.2) is 31.3 Å².